The van der Waals surface area contributed by atoms with E-state index in [1.54, 1.807) is 11.3 Å². The van der Waals surface area contributed by atoms with E-state index in [9.17, 15) is 0 Å². The summed E-state index contributed by atoms with van der Waals surface area (Å²) >= 11 is 1.76. The molecule has 1 aliphatic rings. The molecular weight excluding hydrogens is 284 g/mol. The Morgan fingerprint density at radius 2 is 2.14 bits per heavy atom. The maximum atomic E-state index is 5.58. The van der Waals surface area contributed by atoms with Gasteiger partial charge in [-0.1, -0.05) is 12.1 Å². The number of hydrogen-bond donors (Lipinski definition) is 0. The van der Waals surface area contributed by atoms with Gasteiger partial charge in [0, 0.05) is 17.0 Å². The van der Waals surface area contributed by atoms with Crippen molar-refractivity contribution in [3.05, 3.63) is 39.3 Å². The second-order valence-corrected chi connectivity index (χ2v) is 6.82. The predicted molar refractivity (Wildman–Crippen MR) is 84.0 cm³/mol. The third kappa shape index (κ3) is 2.76. The van der Waals surface area contributed by atoms with Crippen LogP contribution < -0.4 is 9.47 Å². The quantitative estimate of drug-likeness (QED) is 0.863. The van der Waals surface area contributed by atoms with Gasteiger partial charge in [0.1, 0.15) is 0 Å². The summed E-state index contributed by atoms with van der Waals surface area (Å²) in [5, 5.41) is 1.13. The molecule has 0 saturated carbocycles. The average molecular weight is 304 g/mol. The van der Waals surface area contributed by atoms with E-state index in [0.29, 0.717) is 6.79 Å². The SMILES string of the molecule is Cc1nc([C@H](C)N(C)Cc2cccc3c2OCO3)c(C)s1. The molecule has 21 heavy (non-hydrogen) atoms. The van der Waals surface area contributed by atoms with Crippen molar-refractivity contribution >= 4 is 11.3 Å². The molecule has 0 bridgehead atoms. The maximum absolute atomic E-state index is 5.58. The zero-order chi connectivity index (χ0) is 15.0. The van der Waals surface area contributed by atoms with Gasteiger partial charge in [-0.05, 0) is 33.9 Å². The molecule has 4 nitrogen and oxygen atoms in total. The smallest absolute Gasteiger partial charge is 0.231 e. The number of fused-ring (bicyclic) bond motifs is 1. The Morgan fingerprint density at radius 1 is 1.33 bits per heavy atom. The standard InChI is InChI=1S/C16H20N2O2S/c1-10(15-11(2)21-12(3)17-15)18(4)8-13-6-5-7-14-16(13)20-9-19-14/h5-7,10H,8-9H2,1-4H3/t10-/m0/s1. The number of thiazole rings is 1. The van der Waals surface area contributed by atoms with Crippen LogP contribution in [-0.2, 0) is 6.54 Å². The van der Waals surface area contributed by atoms with Crippen LogP contribution in [0.2, 0.25) is 0 Å². The zero-order valence-electron chi connectivity index (χ0n) is 12.8. The monoisotopic (exact) mass is 304 g/mol. The summed E-state index contributed by atoms with van der Waals surface area (Å²) in [4.78, 5) is 8.25. The van der Waals surface area contributed by atoms with E-state index >= 15 is 0 Å². The van der Waals surface area contributed by atoms with E-state index in [0.717, 1.165) is 28.6 Å². The minimum atomic E-state index is 0.271. The highest BCUT2D eigenvalue weighted by Gasteiger charge is 2.22. The Bertz CT molecular complexity index is 654. The van der Waals surface area contributed by atoms with Crippen LogP contribution in [0.1, 0.15) is 34.1 Å². The van der Waals surface area contributed by atoms with E-state index in [-0.39, 0.29) is 6.04 Å². The lowest BCUT2D eigenvalue weighted by molar-refractivity contribution is 0.171. The first kappa shape index (κ1) is 14.4. The summed E-state index contributed by atoms with van der Waals surface area (Å²) in [6.07, 6.45) is 0. The molecule has 1 aliphatic heterocycles. The number of aromatic nitrogens is 1. The minimum Gasteiger partial charge on any atom is -0.454 e. The molecule has 0 N–H and O–H groups in total. The molecule has 0 aliphatic carbocycles. The molecule has 1 atom stereocenters. The lowest BCUT2D eigenvalue weighted by atomic mass is 10.1. The number of para-hydroxylation sites is 1. The van der Waals surface area contributed by atoms with E-state index in [1.807, 2.05) is 12.1 Å². The summed E-state index contributed by atoms with van der Waals surface area (Å²) in [5.74, 6) is 1.72. The van der Waals surface area contributed by atoms with Gasteiger partial charge >= 0.3 is 0 Å². The average Bonchev–Trinajstić information content (AvgIpc) is 3.04. The molecule has 0 unspecified atom stereocenters. The van der Waals surface area contributed by atoms with Gasteiger partial charge in [0.05, 0.1) is 16.7 Å². The molecule has 0 amide bonds. The Labute approximate surface area is 129 Å². The van der Waals surface area contributed by atoms with Crippen LogP contribution in [0.3, 0.4) is 0 Å². The first-order valence-corrected chi connectivity index (χ1v) is 7.89. The Kier molecular flexibility index (Phi) is 3.87. The van der Waals surface area contributed by atoms with Crippen molar-refractivity contribution < 1.29 is 9.47 Å². The molecule has 1 aromatic carbocycles. The van der Waals surface area contributed by atoms with Gasteiger partial charge in [0.25, 0.3) is 0 Å². The third-order valence-corrected chi connectivity index (χ3v) is 4.80. The highest BCUT2D eigenvalue weighted by Crippen LogP contribution is 2.37. The number of nitrogens with zero attached hydrogens (tertiary/aromatic N) is 2. The molecule has 1 aromatic heterocycles. The summed E-state index contributed by atoms with van der Waals surface area (Å²) in [6.45, 7) is 7.52. The van der Waals surface area contributed by atoms with Crippen LogP contribution in [0.15, 0.2) is 18.2 Å². The molecule has 112 valence electrons. The van der Waals surface area contributed by atoms with Gasteiger partial charge in [-0.3, -0.25) is 4.90 Å². The van der Waals surface area contributed by atoms with Crippen molar-refractivity contribution in [3.63, 3.8) is 0 Å². The fourth-order valence-corrected chi connectivity index (χ4v) is 3.57. The second-order valence-electron chi connectivity index (χ2n) is 5.42. The number of rotatable bonds is 4. The van der Waals surface area contributed by atoms with Crippen LogP contribution in [0.5, 0.6) is 11.5 Å². The van der Waals surface area contributed by atoms with Crippen LogP contribution in [0, 0.1) is 13.8 Å². The molecule has 2 aromatic rings. The molecule has 0 spiro atoms. The molecule has 2 heterocycles. The summed E-state index contributed by atoms with van der Waals surface area (Å²) < 4.78 is 11.0. The normalized spacial score (nSPS) is 14.7. The van der Waals surface area contributed by atoms with E-state index < -0.39 is 0 Å². The van der Waals surface area contributed by atoms with Crippen LogP contribution in [-0.4, -0.2) is 23.7 Å². The van der Waals surface area contributed by atoms with E-state index in [1.165, 1.54) is 10.6 Å². The number of aryl methyl sites for hydroxylation is 2. The lowest BCUT2D eigenvalue weighted by Crippen LogP contribution is -2.23. The lowest BCUT2D eigenvalue weighted by Gasteiger charge is -2.24. The molecular formula is C16H20N2O2S. The third-order valence-electron chi connectivity index (χ3n) is 3.89. The number of hydrogen-bond acceptors (Lipinski definition) is 5. The van der Waals surface area contributed by atoms with Crippen LogP contribution in [0.25, 0.3) is 0 Å². The van der Waals surface area contributed by atoms with Crippen molar-refractivity contribution in [1.82, 2.24) is 9.88 Å². The van der Waals surface area contributed by atoms with Crippen molar-refractivity contribution in [2.24, 2.45) is 0 Å². The summed E-state index contributed by atoms with van der Waals surface area (Å²) in [7, 11) is 2.12. The van der Waals surface area contributed by atoms with Crippen LogP contribution >= 0.6 is 11.3 Å². The molecule has 0 radical (unpaired) electrons. The van der Waals surface area contributed by atoms with Gasteiger partial charge in [-0.25, -0.2) is 4.98 Å². The van der Waals surface area contributed by atoms with Gasteiger partial charge in [0.2, 0.25) is 6.79 Å². The van der Waals surface area contributed by atoms with Gasteiger partial charge in [0.15, 0.2) is 11.5 Å². The predicted octanol–water partition coefficient (Wildman–Crippen LogP) is 3.68. The second kappa shape index (κ2) is 5.66. The van der Waals surface area contributed by atoms with Gasteiger partial charge in [-0.15, -0.1) is 11.3 Å². The van der Waals surface area contributed by atoms with Crippen LogP contribution in [0.4, 0.5) is 0 Å². The first-order valence-electron chi connectivity index (χ1n) is 7.08. The van der Waals surface area contributed by atoms with Crippen molar-refractivity contribution in [2.75, 3.05) is 13.8 Å². The van der Waals surface area contributed by atoms with Crippen molar-refractivity contribution in [3.8, 4) is 11.5 Å². The first-order chi connectivity index (χ1) is 10.1. The Hall–Kier alpha value is -1.59. The van der Waals surface area contributed by atoms with Gasteiger partial charge in [-0.2, -0.15) is 0 Å². The fraction of sp³-hybridized carbons (Fsp3) is 0.438. The number of benzene rings is 1. The molecule has 3 rings (SSSR count). The molecule has 5 heteroatoms. The molecule has 0 saturated heterocycles. The molecule has 0 fully saturated rings. The van der Waals surface area contributed by atoms with Crippen molar-refractivity contribution in [2.45, 2.75) is 33.4 Å². The number of ether oxygens (including phenoxy) is 2. The minimum absolute atomic E-state index is 0.271. The Balaban J connectivity index is 1.79. The maximum Gasteiger partial charge on any atom is 0.231 e. The van der Waals surface area contributed by atoms with E-state index in [2.05, 4.69) is 43.8 Å². The largest absolute Gasteiger partial charge is 0.454 e. The topological polar surface area (TPSA) is 34.6 Å². The fourth-order valence-electron chi connectivity index (χ4n) is 2.66. The zero-order valence-corrected chi connectivity index (χ0v) is 13.7. The summed E-state index contributed by atoms with van der Waals surface area (Å²) in [5.41, 5.74) is 2.33. The van der Waals surface area contributed by atoms with E-state index in [4.69, 9.17) is 9.47 Å². The van der Waals surface area contributed by atoms with Gasteiger partial charge < -0.3 is 9.47 Å². The Morgan fingerprint density at radius 3 is 2.86 bits per heavy atom. The van der Waals surface area contributed by atoms with Crippen molar-refractivity contribution in [1.29, 1.82) is 0 Å². The highest BCUT2D eigenvalue weighted by atomic mass is 32.1. The summed E-state index contributed by atoms with van der Waals surface area (Å²) in [6, 6.07) is 6.33. The highest BCUT2D eigenvalue weighted by molar-refractivity contribution is 7.11.